The summed E-state index contributed by atoms with van der Waals surface area (Å²) in [7, 11) is 1.61. The lowest BCUT2D eigenvalue weighted by Gasteiger charge is -2.13. The molecule has 0 saturated heterocycles. The number of carbonyl (C=O) groups excluding carboxylic acids is 1. The summed E-state index contributed by atoms with van der Waals surface area (Å²) < 4.78 is 5.90. The lowest BCUT2D eigenvalue weighted by Crippen LogP contribution is -2.34. The van der Waals surface area contributed by atoms with Crippen LogP contribution in [0.3, 0.4) is 0 Å². The van der Waals surface area contributed by atoms with Crippen molar-refractivity contribution >= 4 is 23.4 Å². The van der Waals surface area contributed by atoms with E-state index in [-0.39, 0.29) is 11.2 Å². The molecule has 1 unspecified atom stereocenters. The van der Waals surface area contributed by atoms with Gasteiger partial charge in [-0.2, -0.15) is 0 Å². The molecule has 0 aliphatic rings. The van der Waals surface area contributed by atoms with Crippen molar-refractivity contribution in [2.24, 2.45) is 7.05 Å². The summed E-state index contributed by atoms with van der Waals surface area (Å²) in [4.78, 5) is 12.3. The molecule has 1 aromatic heterocycles. The average Bonchev–Trinajstić information content (AvgIpc) is 2.75. The molecular formula is C14H17N3O3S. The van der Waals surface area contributed by atoms with Gasteiger partial charge >= 0.3 is 0 Å². The number of aryl methyl sites for hydroxylation is 2. The molecule has 112 valence electrons. The van der Waals surface area contributed by atoms with E-state index in [0.717, 1.165) is 23.0 Å². The van der Waals surface area contributed by atoms with Crippen LogP contribution in [0.5, 0.6) is 5.95 Å². The summed E-state index contributed by atoms with van der Waals surface area (Å²) >= 11 is 1.16. The maximum atomic E-state index is 12.3. The second-order valence-corrected chi connectivity index (χ2v) is 5.85. The molecule has 0 bridgehead atoms. The molecule has 2 aromatic rings. The first-order chi connectivity index (χ1) is 10.0. The van der Waals surface area contributed by atoms with Crippen molar-refractivity contribution in [3.05, 3.63) is 29.8 Å². The quantitative estimate of drug-likeness (QED) is 0.667. The molecular weight excluding hydrogens is 290 g/mol. The summed E-state index contributed by atoms with van der Waals surface area (Å²) in [5, 5.41) is 17.8. The molecule has 21 heavy (non-hydrogen) atoms. The molecule has 1 atom stereocenters. The molecule has 1 heterocycles. The third-order valence-corrected chi connectivity index (χ3v) is 4.40. The summed E-state index contributed by atoms with van der Waals surface area (Å²) in [5.74, 6) is -0.669. The number of anilines is 1. The predicted molar refractivity (Wildman–Crippen MR) is 76.9 cm³/mol. The monoisotopic (exact) mass is 307 g/mol. The summed E-state index contributed by atoms with van der Waals surface area (Å²) in [5.41, 5.74) is 1.82. The minimum Gasteiger partial charge on any atom is -0.538 e. The van der Waals surface area contributed by atoms with Gasteiger partial charge in [0.2, 0.25) is 5.91 Å². The molecule has 1 N–H and O–H groups in total. The fraction of sp³-hybridized carbons (Fsp3) is 0.357. The Morgan fingerprint density at radius 2 is 2.33 bits per heavy atom. The van der Waals surface area contributed by atoms with E-state index in [1.807, 2.05) is 38.1 Å². The Morgan fingerprint density at radius 3 is 2.90 bits per heavy atom. The highest BCUT2D eigenvalue weighted by Gasteiger charge is 2.25. The van der Waals surface area contributed by atoms with Crippen LogP contribution >= 0.6 is 11.8 Å². The van der Waals surface area contributed by atoms with Gasteiger partial charge in [-0.05, 0) is 42.8 Å². The van der Waals surface area contributed by atoms with Crippen molar-refractivity contribution in [3.63, 3.8) is 0 Å². The van der Waals surface area contributed by atoms with Crippen LogP contribution in [0.2, 0.25) is 0 Å². The van der Waals surface area contributed by atoms with Crippen molar-refractivity contribution in [2.45, 2.75) is 30.5 Å². The zero-order valence-corrected chi connectivity index (χ0v) is 12.9. The van der Waals surface area contributed by atoms with Crippen molar-refractivity contribution in [3.8, 4) is 5.95 Å². The smallest absolute Gasteiger partial charge is 0.291 e. The van der Waals surface area contributed by atoms with E-state index in [0.29, 0.717) is 11.4 Å². The number of benzene rings is 1. The SMILES string of the molecule is CCC(Sc1c([O-])on[n+]1C)C(=O)Nc1cccc(C)c1. The van der Waals surface area contributed by atoms with Crippen molar-refractivity contribution < 1.29 is 19.1 Å². The number of thioether (sulfide) groups is 1. The van der Waals surface area contributed by atoms with E-state index in [1.165, 1.54) is 4.68 Å². The highest BCUT2D eigenvalue weighted by atomic mass is 32.2. The third kappa shape index (κ3) is 3.75. The van der Waals surface area contributed by atoms with Gasteiger partial charge in [0, 0.05) is 5.69 Å². The summed E-state index contributed by atoms with van der Waals surface area (Å²) in [6.07, 6.45) is 0.590. The van der Waals surface area contributed by atoms with Gasteiger partial charge in [-0.25, -0.2) is 0 Å². The second kappa shape index (κ2) is 6.62. The number of hydrogen-bond donors (Lipinski definition) is 1. The van der Waals surface area contributed by atoms with E-state index in [4.69, 9.17) is 0 Å². The molecule has 2 rings (SSSR count). The Hall–Kier alpha value is -2.02. The molecule has 6 nitrogen and oxygen atoms in total. The van der Waals surface area contributed by atoms with Gasteiger partial charge in [0.15, 0.2) is 13.0 Å². The van der Waals surface area contributed by atoms with E-state index >= 15 is 0 Å². The van der Waals surface area contributed by atoms with Crippen LogP contribution < -0.4 is 15.1 Å². The van der Waals surface area contributed by atoms with E-state index in [1.54, 1.807) is 7.05 Å². The molecule has 0 radical (unpaired) electrons. The van der Waals surface area contributed by atoms with Crippen LogP contribution in [0, 0.1) is 6.92 Å². The van der Waals surface area contributed by atoms with E-state index in [2.05, 4.69) is 15.1 Å². The van der Waals surface area contributed by atoms with Gasteiger partial charge < -0.3 is 14.9 Å². The van der Waals surface area contributed by atoms with Gasteiger partial charge in [0.1, 0.15) is 0 Å². The zero-order chi connectivity index (χ0) is 15.4. The third-order valence-electron chi connectivity index (χ3n) is 2.92. The average molecular weight is 307 g/mol. The van der Waals surface area contributed by atoms with Crippen molar-refractivity contribution in [1.29, 1.82) is 0 Å². The summed E-state index contributed by atoms with van der Waals surface area (Å²) in [6, 6.07) is 7.58. The highest BCUT2D eigenvalue weighted by Crippen LogP contribution is 2.28. The maximum absolute atomic E-state index is 12.3. The van der Waals surface area contributed by atoms with Crippen molar-refractivity contribution in [2.75, 3.05) is 5.32 Å². The van der Waals surface area contributed by atoms with Gasteiger partial charge in [-0.1, -0.05) is 23.7 Å². The van der Waals surface area contributed by atoms with Crippen LogP contribution in [-0.2, 0) is 11.8 Å². The number of nitrogens with zero attached hydrogens (tertiary/aromatic N) is 2. The Balaban J connectivity index is 2.09. The number of hydrogen-bond acceptors (Lipinski definition) is 5. The van der Waals surface area contributed by atoms with Crippen LogP contribution in [-0.4, -0.2) is 16.4 Å². The molecule has 0 aliphatic heterocycles. The van der Waals surface area contributed by atoms with Crippen molar-refractivity contribution in [1.82, 2.24) is 5.27 Å². The zero-order valence-electron chi connectivity index (χ0n) is 12.1. The number of rotatable bonds is 5. The van der Waals surface area contributed by atoms with Crippen LogP contribution in [0.15, 0.2) is 33.8 Å². The standard InChI is InChI=1S/C14H17N3O3S/c1-4-11(21-13-14(19)20-16-17(13)3)12(18)15-10-7-5-6-9(2)8-10/h5-8,11H,4H2,1-3H3,(H-,15,16,18,19). The Bertz CT molecular complexity index is 623. The summed E-state index contributed by atoms with van der Waals surface area (Å²) in [6.45, 7) is 3.86. The fourth-order valence-electron chi connectivity index (χ4n) is 1.83. The lowest BCUT2D eigenvalue weighted by molar-refractivity contribution is -0.772. The minimum atomic E-state index is -0.524. The number of nitrogens with one attached hydrogen (secondary N) is 1. The first-order valence-electron chi connectivity index (χ1n) is 6.58. The molecule has 1 aromatic carbocycles. The first kappa shape index (κ1) is 15.4. The Kier molecular flexibility index (Phi) is 4.85. The molecule has 0 saturated carbocycles. The van der Waals surface area contributed by atoms with Gasteiger partial charge in [-0.15, -0.1) is 0 Å². The molecule has 0 spiro atoms. The Morgan fingerprint density at radius 1 is 1.57 bits per heavy atom. The van der Waals surface area contributed by atoms with Gasteiger partial charge in [0.25, 0.3) is 5.03 Å². The van der Waals surface area contributed by atoms with Crippen LogP contribution in [0.25, 0.3) is 0 Å². The van der Waals surface area contributed by atoms with Gasteiger partial charge in [-0.3, -0.25) is 4.79 Å². The number of amides is 1. The topological polar surface area (TPSA) is 82.1 Å². The van der Waals surface area contributed by atoms with E-state index < -0.39 is 5.95 Å². The predicted octanol–water partition coefficient (Wildman–Crippen LogP) is 1.39. The minimum absolute atomic E-state index is 0.145. The number of carbonyl (C=O) groups is 1. The second-order valence-electron chi connectivity index (χ2n) is 4.66. The van der Waals surface area contributed by atoms with Crippen LogP contribution in [0.1, 0.15) is 18.9 Å². The molecule has 7 heteroatoms. The fourth-order valence-corrected chi connectivity index (χ4v) is 2.76. The Labute approximate surface area is 127 Å². The largest absolute Gasteiger partial charge is 0.538 e. The maximum Gasteiger partial charge on any atom is 0.291 e. The van der Waals surface area contributed by atoms with E-state index in [9.17, 15) is 9.90 Å². The molecule has 0 fully saturated rings. The number of aromatic nitrogens is 2. The molecule has 1 amide bonds. The first-order valence-corrected chi connectivity index (χ1v) is 7.46. The highest BCUT2D eigenvalue weighted by molar-refractivity contribution is 8.00. The van der Waals surface area contributed by atoms with Crippen LogP contribution in [0.4, 0.5) is 5.69 Å². The van der Waals surface area contributed by atoms with Gasteiger partial charge in [0.05, 0.1) is 10.5 Å². The normalized spacial score (nSPS) is 12.1. The molecule has 0 aliphatic carbocycles. The lowest BCUT2D eigenvalue weighted by atomic mass is 10.2.